The van der Waals surface area contributed by atoms with Gasteiger partial charge in [0, 0.05) is 19.2 Å². The van der Waals surface area contributed by atoms with Gasteiger partial charge in [0.2, 0.25) is 5.91 Å². The Labute approximate surface area is 133 Å². The second-order valence-corrected chi connectivity index (χ2v) is 6.69. The van der Waals surface area contributed by atoms with Crippen LogP contribution in [0.1, 0.15) is 12.1 Å². The molecule has 0 atom stereocenters. The molecule has 1 aromatic carbocycles. The van der Waals surface area contributed by atoms with Crippen LogP contribution in [0.2, 0.25) is 0 Å². The number of rotatable bonds is 2. The highest BCUT2D eigenvalue weighted by atomic mass is 32.2. The molecule has 1 N–H and O–H groups in total. The molecule has 0 saturated carbocycles. The fourth-order valence-corrected chi connectivity index (χ4v) is 3.96. The van der Waals surface area contributed by atoms with Crippen molar-refractivity contribution in [1.29, 1.82) is 5.26 Å². The number of fused-ring (bicyclic) bond motifs is 1. The second kappa shape index (κ2) is 5.70. The first-order valence-electron chi connectivity index (χ1n) is 6.81. The van der Waals surface area contributed by atoms with Crippen LogP contribution in [0.3, 0.4) is 0 Å². The van der Waals surface area contributed by atoms with Crippen molar-refractivity contribution in [1.82, 2.24) is 4.98 Å². The van der Waals surface area contributed by atoms with Gasteiger partial charge in [0.15, 0.2) is 5.69 Å². The standard InChI is InChI=1S/C15H12N4O3S/c16-10-12-14(6-3-8-17-12)23(21,22)19-9-7-15(20)18-11-4-1-2-5-13(11)19/h1-6,8H,7,9H2,(H,18,20). The molecule has 116 valence electrons. The van der Waals surface area contributed by atoms with E-state index in [2.05, 4.69) is 10.3 Å². The lowest BCUT2D eigenvalue weighted by atomic mass is 10.2. The molecule has 0 spiro atoms. The summed E-state index contributed by atoms with van der Waals surface area (Å²) < 4.78 is 27.1. The number of amides is 1. The zero-order valence-electron chi connectivity index (χ0n) is 11.9. The van der Waals surface area contributed by atoms with Crippen LogP contribution in [0.4, 0.5) is 11.4 Å². The summed E-state index contributed by atoms with van der Waals surface area (Å²) >= 11 is 0. The maximum absolute atomic E-state index is 13.0. The number of aromatic nitrogens is 1. The topological polar surface area (TPSA) is 103 Å². The number of pyridine rings is 1. The third kappa shape index (κ3) is 2.62. The van der Waals surface area contributed by atoms with E-state index in [1.54, 1.807) is 30.3 Å². The van der Waals surface area contributed by atoms with Gasteiger partial charge < -0.3 is 5.32 Å². The molecular formula is C15H12N4O3S. The summed E-state index contributed by atoms with van der Waals surface area (Å²) in [6.07, 6.45) is 1.38. The van der Waals surface area contributed by atoms with Gasteiger partial charge in [-0.05, 0) is 24.3 Å². The van der Waals surface area contributed by atoms with E-state index in [1.165, 1.54) is 18.3 Å². The number of nitrogens with zero attached hydrogens (tertiary/aromatic N) is 3. The highest BCUT2D eigenvalue weighted by Crippen LogP contribution is 2.33. The molecule has 0 unspecified atom stereocenters. The molecule has 1 aliphatic rings. The predicted octanol–water partition coefficient (Wildman–Crippen LogP) is 1.49. The summed E-state index contributed by atoms with van der Waals surface area (Å²) in [6.45, 7) is -0.00899. The number of hydrogen-bond donors (Lipinski definition) is 1. The Kier molecular flexibility index (Phi) is 3.72. The number of carbonyl (C=O) groups excluding carboxylic acids is 1. The molecular weight excluding hydrogens is 316 g/mol. The zero-order chi connectivity index (χ0) is 16.4. The number of para-hydroxylation sites is 2. The van der Waals surface area contributed by atoms with Crippen LogP contribution in [0.15, 0.2) is 47.5 Å². The second-order valence-electron chi connectivity index (χ2n) is 4.85. The predicted molar refractivity (Wildman–Crippen MR) is 83.2 cm³/mol. The van der Waals surface area contributed by atoms with E-state index in [4.69, 9.17) is 5.26 Å². The van der Waals surface area contributed by atoms with Gasteiger partial charge in [0.05, 0.1) is 11.4 Å². The Hall–Kier alpha value is -2.92. The maximum Gasteiger partial charge on any atom is 0.267 e. The monoisotopic (exact) mass is 328 g/mol. The lowest BCUT2D eigenvalue weighted by Crippen LogP contribution is -2.32. The fourth-order valence-electron chi connectivity index (χ4n) is 2.38. The lowest BCUT2D eigenvalue weighted by Gasteiger charge is -2.23. The van der Waals surface area contributed by atoms with Crippen molar-refractivity contribution in [3.05, 3.63) is 48.3 Å². The summed E-state index contributed by atoms with van der Waals surface area (Å²) in [4.78, 5) is 15.4. The Balaban J connectivity index is 2.17. The minimum atomic E-state index is -4.01. The molecule has 3 rings (SSSR count). The molecule has 2 aromatic rings. The molecule has 0 radical (unpaired) electrons. The number of benzene rings is 1. The number of sulfonamides is 1. The van der Waals surface area contributed by atoms with E-state index >= 15 is 0 Å². The maximum atomic E-state index is 13.0. The van der Waals surface area contributed by atoms with Crippen LogP contribution in [-0.2, 0) is 14.8 Å². The average molecular weight is 328 g/mol. The minimum Gasteiger partial charge on any atom is -0.324 e. The van der Waals surface area contributed by atoms with Gasteiger partial charge in [-0.25, -0.2) is 13.4 Å². The molecule has 0 aliphatic carbocycles. The van der Waals surface area contributed by atoms with E-state index < -0.39 is 10.0 Å². The van der Waals surface area contributed by atoms with Gasteiger partial charge in [0.25, 0.3) is 10.0 Å². The third-order valence-corrected chi connectivity index (χ3v) is 5.28. The van der Waals surface area contributed by atoms with Gasteiger partial charge in [-0.15, -0.1) is 0 Å². The normalized spacial score (nSPS) is 14.4. The van der Waals surface area contributed by atoms with Gasteiger partial charge in [-0.3, -0.25) is 9.10 Å². The number of nitrogens with one attached hydrogen (secondary N) is 1. The Morgan fingerprint density at radius 2 is 2.00 bits per heavy atom. The van der Waals surface area contributed by atoms with Crippen LogP contribution in [0.5, 0.6) is 0 Å². The van der Waals surface area contributed by atoms with Gasteiger partial charge in [-0.2, -0.15) is 5.26 Å². The summed E-state index contributed by atoms with van der Waals surface area (Å²) in [7, 11) is -4.01. The molecule has 23 heavy (non-hydrogen) atoms. The van der Waals surface area contributed by atoms with Crippen LogP contribution in [0.25, 0.3) is 0 Å². The summed E-state index contributed by atoms with van der Waals surface area (Å²) in [5.74, 6) is -0.262. The van der Waals surface area contributed by atoms with Crippen molar-refractivity contribution in [3.8, 4) is 6.07 Å². The quantitative estimate of drug-likeness (QED) is 0.899. The number of hydrogen-bond acceptors (Lipinski definition) is 5. The molecule has 8 heteroatoms. The van der Waals surface area contributed by atoms with Crippen LogP contribution < -0.4 is 9.62 Å². The first-order valence-corrected chi connectivity index (χ1v) is 8.25. The van der Waals surface area contributed by atoms with Crippen molar-refractivity contribution in [2.75, 3.05) is 16.2 Å². The van der Waals surface area contributed by atoms with Crippen LogP contribution >= 0.6 is 0 Å². The first kappa shape index (κ1) is 15.0. The van der Waals surface area contributed by atoms with Crippen molar-refractivity contribution in [3.63, 3.8) is 0 Å². The van der Waals surface area contributed by atoms with E-state index in [9.17, 15) is 13.2 Å². The third-order valence-electron chi connectivity index (χ3n) is 3.43. The Morgan fingerprint density at radius 3 is 2.78 bits per heavy atom. The average Bonchev–Trinajstić information content (AvgIpc) is 2.73. The van der Waals surface area contributed by atoms with Crippen molar-refractivity contribution >= 4 is 27.3 Å². The molecule has 7 nitrogen and oxygen atoms in total. The van der Waals surface area contributed by atoms with E-state index in [0.717, 1.165) is 4.31 Å². The van der Waals surface area contributed by atoms with Gasteiger partial charge >= 0.3 is 0 Å². The van der Waals surface area contributed by atoms with E-state index in [-0.39, 0.29) is 29.5 Å². The van der Waals surface area contributed by atoms with Crippen LogP contribution in [-0.4, -0.2) is 25.9 Å². The Morgan fingerprint density at radius 1 is 1.22 bits per heavy atom. The van der Waals surface area contributed by atoms with Crippen LogP contribution in [0, 0.1) is 11.3 Å². The summed E-state index contributed by atoms with van der Waals surface area (Å²) in [5, 5.41) is 11.8. The molecule has 0 fully saturated rings. The molecule has 1 amide bonds. The Bertz CT molecular complexity index is 918. The lowest BCUT2D eigenvalue weighted by molar-refractivity contribution is -0.115. The van der Waals surface area contributed by atoms with Crippen molar-refractivity contribution in [2.24, 2.45) is 0 Å². The molecule has 0 bridgehead atoms. The van der Waals surface area contributed by atoms with Crippen molar-refractivity contribution < 1.29 is 13.2 Å². The molecule has 2 heterocycles. The van der Waals surface area contributed by atoms with E-state index in [1.807, 2.05) is 0 Å². The molecule has 1 aromatic heterocycles. The highest BCUT2D eigenvalue weighted by molar-refractivity contribution is 7.93. The highest BCUT2D eigenvalue weighted by Gasteiger charge is 2.31. The fraction of sp³-hybridized carbons (Fsp3) is 0.133. The smallest absolute Gasteiger partial charge is 0.267 e. The largest absolute Gasteiger partial charge is 0.324 e. The number of anilines is 2. The van der Waals surface area contributed by atoms with Gasteiger partial charge in [-0.1, -0.05) is 12.1 Å². The zero-order valence-corrected chi connectivity index (χ0v) is 12.7. The molecule has 0 saturated heterocycles. The first-order chi connectivity index (χ1) is 11.0. The summed E-state index contributed by atoms with van der Waals surface area (Å²) in [5.41, 5.74) is 0.612. The van der Waals surface area contributed by atoms with Crippen molar-refractivity contribution in [2.45, 2.75) is 11.3 Å². The minimum absolute atomic E-state index is 0.00899. The molecule has 1 aliphatic heterocycles. The SMILES string of the molecule is N#Cc1ncccc1S(=O)(=O)N1CCC(=O)Nc2ccccc21. The number of nitriles is 1. The number of carbonyl (C=O) groups is 1. The van der Waals surface area contributed by atoms with E-state index in [0.29, 0.717) is 11.4 Å². The van der Waals surface area contributed by atoms with Gasteiger partial charge in [0.1, 0.15) is 11.0 Å². The summed E-state index contributed by atoms with van der Waals surface area (Å²) in [6, 6.07) is 11.2.